The van der Waals surface area contributed by atoms with Gasteiger partial charge in [0.2, 0.25) is 0 Å². The van der Waals surface area contributed by atoms with Gasteiger partial charge in [0, 0.05) is 12.1 Å². The molecule has 2 nitrogen and oxygen atoms in total. The molecule has 0 bridgehead atoms. The van der Waals surface area contributed by atoms with Crippen molar-refractivity contribution in [2.75, 3.05) is 13.6 Å². The Hall–Kier alpha value is -0.930. The molecule has 1 aromatic carbocycles. The summed E-state index contributed by atoms with van der Waals surface area (Å²) in [5.41, 5.74) is 8.24. The van der Waals surface area contributed by atoms with Gasteiger partial charge in [-0.05, 0) is 37.1 Å². The number of hydrogen-bond donors (Lipinski definition) is 1. The van der Waals surface area contributed by atoms with Crippen molar-refractivity contribution in [2.45, 2.75) is 33.7 Å². The fraction of sp³-hybridized carbons (Fsp3) is 0.533. The van der Waals surface area contributed by atoms with Crippen LogP contribution in [0.3, 0.4) is 0 Å². The van der Waals surface area contributed by atoms with Gasteiger partial charge in [-0.15, -0.1) is 0 Å². The predicted octanol–water partition coefficient (Wildman–Crippen LogP) is 3.19. The second-order valence-corrected chi connectivity index (χ2v) is 6.55. The van der Waals surface area contributed by atoms with E-state index < -0.39 is 0 Å². The minimum atomic E-state index is 0.384. The van der Waals surface area contributed by atoms with Crippen LogP contribution in [0.5, 0.6) is 0 Å². The monoisotopic (exact) mass is 264 g/mol. The molecule has 0 spiro atoms. The van der Waals surface area contributed by atoms with Gasteiger partial charge < -0.3 is 10.6 Å². The quantitative estimate of drug-likeness (QED) is 0.828. The van der Waals surface area contributed by atoms with Crippen LogP contribution >= 0.6 is 12.2 Å². The third kappa shape index (κ3) is 5.61. The van der Waals surface area contributed by atoms with Crippen LogP contribution in [0.15, 0.2) is 24.3 Å². The molecule has 0 aromatic heterocycles. The summed E-state index contributed by atoms with van der Waals surface area (Å²) in [6.45, 7) is 8.85. The zero-order chi connectivity index (χ0) is 13.8. The Labute approximate surface area is 116 Å². The Kier molecular flexibility index (Phi) is 5.29. The van der Waals surface area contributed by atoms with E-state index in [1.807, 2.05) is 12.1 Å². The van der Waals surface area contributed by atoms with E-state index >= 15 is 0 Å². The number of benzene rings is 1. The number of thiocarbonyl (C=S) groups is 1. The zero-order valence-electron chi connectivity index (χ0n) is 11.9. The smallest absolute Gasteiger partial charge is 0.103 e. The van der Waals surface area contributed by atoms with E-state index in [9.17, 15) is 0 Å². The minimum Gasteiger partial charge on any atom is -0.389 e. The molecular formula is C15H24N2S. The molecular weight excluding hydrogens is 240 g/mol. The van der Waals surface area contributed by atoms with Crippen molar-refractivity contribution in [1.82, 2.24) is 4.90 Å². The zero-order valence-corrected chi connectivity index (χ0v) is 12.7. The maximum atomic E-state index is 5.65. The summed E-state index contributed by atoms with van der Waals surface area (Å²) >= 11 is 5.00. The lowest BCUT2D eigenvalue weighted by Gasteiger charge is -2.23. The standard InChI is InChI=1S/C15H24N2S/c1-15(2,3)8-9-17(4)11-12-6-5-7-13(10-12)14(16)18/h5-7,10H,8-9,11H2,1-4H3,(H2,16,18). The molecule has 0 saturated carbocycles. The van der Waals surface area contributed by atoms with Crippen LogP contribution in [0.2, 0.25) is 0 Å². The van der Waals surface area contributed by atoms with Crippen molar-refractivity contribution >= 4 is 17.2 Å². The lowest BCUT2D eigenvalue weighted by molar-refractivity contribution is 0.259. The Bertz CT molecular complexity index is 407. The largest absolute Gasteiger partial charge is 0.389 e. The molecule has 3 heteroatoms. The SMILES string of the molecule is CN(CCC(C)(C)C)Cc1cccc(C(N)=S)c1. The molecule has 0 aliphatic rings. The molecule has 2 N–H and O–H groups in total. The molecule has 0 amide bonds. The van der Waals surface area contributed by atoms with Crippen molar-refractivity contribution in [3.8, 4) is 0 Å². The Balaban J connectivity index is 2.56. The Morgan fingerprint density at radius 1 is 1.33 bits per heavy atom. The first-order valence-corrected chi connectivity index (χ1v) is 6.76. The van der Waals surface area contributed by atoms with Gasteiger partial charge in [-0.2, -0.15) is 0 Å². The summed E-state index contributed by atoms with van der Waals surface area (Å²) in [6.07, 6.45) is 1.19. The molecule has 100 valence electrons. The lowest BCUT2D eigenvalue weighted by Crippen LogP contribution is -2.23. The number of hydrogen-bond acceptors (Lipinski definition) is 2. The molecule has 1 rings (SSSR count). The van der Waals surface area contributed by atoms with E-state index in [2.05, 4.69) is 44.9 Å². The second-order valence-electron chi connectivity index (χ2n) is 6.11. The summed E-state index contributed by atoms with van der Waals surface area (Å²) in [6, 6.07) is 8.17. The minimum absolute atomic E-state index is 0.384. The van der Waals surface area contributed by atoms with Crippen LogP contribution in [0, 0.1) is 5.41 Å². The van der Waals surface area contributed by atoms with E-state index in [0.717, 1.165) is 18.7 Å². The molecule has 0 heterocycles. The first-order valence-electron chi connectivity index (χ1n) is 6.35. The highest BCUT2D eigenvalue weighted by Gasteiger charge is 2.11. The average molecular weight is 264 g/mol. The molecule has 0 radical (unpaired) electrons. The van der Waals surface area contributed by atoms with Gasteiger partial charge in [0.05, 0.1) is 0 Å². The third-order valence-electron chi connectivity index (χ3n) is 2.91. The molecule has 0 aliphatic carbocycles. The van der Waals surface area contributed by atoms with Gasteiger partial charge in [-0.3, -0.25) is 0 Å². The number of rotatable bonds is 5. The van der Waals surface area contributed by atoms with Crippen LogP contribution in [0.1, 0.15) is 38.3 Å². The summed E-state index contributed by atoms with van der Waals surface area (Å²) in [7, 11) is 2.15. The van der Waals surface area contributed by atoms with Crippen LogP contribution in [0.25, 0.3) is 0 Å². The number of nitrogens with zero attached hydrogens (tertiary/aromatic N) is 1. The van der Waals surface area contributed by atoms with Crippen LogP contribution < -0.4 is 5.73 Å². The normalized spacial score (nSPS) is 11.8. The van der Waals surface area contributed by atoms with Gasteiger partial charge in [0.15, 0.2) is 0 Å². The molecule has 0 saturated heterocycles. The molecule has 0 aliphatic heterocycles. The van der Waals surface area contributed by atoms with E-state index in [0.29, 0.717) is 10.4 Å². The molecule has 0 fully saturated rings. The fourth-order valence-electron chi connectivity index (χ4n) is 1.74. The highest BCUT2D eigenvalue weighted by Crippen LogP contribution is 2.19. The summed E-state index contributed by atoms with van der Waals surface area (Å²) in [5.74, 6) is 0. The predicted molar refractivity (Wildman–Crippen MR) is 82.7 cm³/mol. The summed E-state index contributed by atoms with van der Waals surface area (Å²) in [5, 5.41) is 0. The van der Waals surface area contributed by atoms with Gasteiger partial charge in [0.1, 0.15) is 4.99 Å². The van der Waals surface area contributed by atoms with Gasteiger partial charge in [-0.25, -0.2) is 0 Å². The second kappa shape index (κ2) is 6.30. The average Bonchev–Trinajstić information content (AvgIpc) is 2.26. The third-order valence-corrected chi connectivity index (χ3v) is 3.14. The summed E-state index contributed by atoms with van der Waals surface area (Å²) < 4.78 is 0. The van der Waals surface area contributed by atoms with Gasteiger partial charge in [-0.1, -0.05) is 51.2 Å². The van der Waals surface area contributed by atoms with Crippen molar-refractivity contribution < 1.29 is 0 Å². The van der Waals surface area contributed by atoms with Crippen LogP contribution in [-0.2, 0) is 6.54 Å². The molecule has 0 unspecified atom stereocenters. The van der Waals surface area contributed by atoms with Gasteiger partial charge in [0.25, 0.3) is 0 Å². The van der Waals surface area contributed by atoms with E-state index in [1.54, 1.807) is 0 Å². The van der Waals surface area contributed by atoms with Crippen molar-refractivity contribution in [1.29, 1.82) is 0 Å². The van der Waals surface area contributed by atoms with Crippen molar-refractivity contribution in [3.05, 3.63) is 35.4 Å². The first kappa shape index (κ1) is 15.1. The number of nitrogens with two attached hydrogens (primary N) is 1. The van der Waals surface area contributed by atoms with Crippen LogP contribution in [-0.4, -0.2) is 23.5 Å². The van der Waals surface area contributed by atoms with E-state index in [4.69, 9.17) is 18.0 Å². The topological polar surface area (TPSA) is 29.3 Å². The van der Waals surface area contributed by atoms with E-state index in [1.165, 1.54) is 12.0 Å². The maximum absolute atomic E-state index is 5.65. The molecule has 1 aromatic rings. The molecule has 18 heavy (non-hydrogen) atoms. The lowest BCUT2D eigenvalue weighted by atomic mass is 9.92. The maximum Gasteiger partial charge on any atom is 0.103 e. The highest BCUT2D eigenvalue weighted by molar-refractivity contribution is 7.80. The van der Waals surface area contributed by atoms with E-state index in [-0.39, 0.29) is 0 Å². The van der Waals surface area contributed by atoms with Gasteiger partial charge >= 0.3 is 0 Å². The first-order chi connectivity index (χ1) is 8.28. The van der Waals surface area contributed by atoms with Crippen molar-refractivity contribution in [3.63, 3.8) is 0 Å². The molecule has 0 atom stereocenters. The highest BCUT2D eigenvalue weighted by atomic mass is 32.1. The Morgan fingerprint density at radius 2 is 2.00 bits per heavy atom. The summed E-state index contributed by atoms with van der Waals surface area (Å²) in [4.78, 5) is 2.80. The van der Waals surface area contributed by atoms with Crippen molar-refractivity contribution in [2.24, 2.45) is 11.1 Å². The fourth-order valence-corrected chi connectivity index (χ4v) is 1.87. The van der Waals surface area contributed by atoms with Crippen LogP contribution in [0.4, 0.5) is 0 Å². The Morgan fingerprint density at radius 3 is 2.56 bits per heavy atom.